The van der Waals surface area contributed by atoms with Crippen molar-refractivity contribution in [2.24, 2.45) is 0 Å². The summed E-state index contributed by atoms with van der Waals surface area (Å²) >= 11 is 0. The van der Waals surface area contributed by atoms with E-state index in [1.165, 1.54) is 0 Å². The molecule has 0 fully saturated rings. The molecular weight excluding hydrogens is 254 g/mol. The molecule has 0 bridgehead atoms. The predicted octanol–water partition coefficient (Wildman–Crippen LogP) is 1.83. The summed E-state index contributed by atoms with van der Waals surface area (Å²) in [6, 6.07) is 7.58. The van der Waals surface area contributed by atoms with Gasteiger partial charge in [0.15, 0.2) is 5.58 Å². The smallest absolute Gasteiger partial charge is 0.226 e. The van der Waals surface area contributed by atoms with Crippen LogP contribution in [0.2, 0.25) is 0 Å². The number of nitrogens with zero attached hydrogens (tertiary/aromatic N) is 2. The fraction of sp³-hybridized carbons (Fsp3) is 0.467. The van der Waals surface area contributed by atoms with Crippen LogP contribution < -0.4 is 5.32 Å². The monoisotopic (exact) mass is 275 g/mol. The van der Waals surface area contributed by atoms with Crippen LogP contribution in [0.15, 0.2) is 28.8 Å². The van der Waals surface area contributed by atoms with Crippen molar-refractivity contribution in [1.29, 1.82) is 0 Å². The van der Waals surface area contributed by atoms with E-state index >= 15 is 0 Å². The Labute approximate surface area is 118 Å². The van der Waals surface area contributed by atoms with E-state index < -0.39 is 0 Å². The molecule has 0 unspecified atom stereocenters. The largest absolute Gasteiger partial charge is 0.356 e. The lowest BCUT2D eigenvalue weighted by atomic mass is 10.1. The predicted molar refractivity (Wildman–Crippen MR) is 78.5 cm³/mol. The van der Waals surface area contributed by atoms with Crippen molar-refractivity contribution in [3.63, 3.8) is 0 Å². The van der Waals surface area contributed by atoms with Gasteiger partial charge in [0, 0.05) is 18.5 Å². The SMILES string of the molecule is CCN(CC)CCNC(=O)Cc1noc2ccccc12. The Balaban J connectivity index is 1.85. The zero-order valence-corrected chi connectivity index (χ0v) is 12.1. The molecule has 2 rings (SSSR count). The summed E-state index contributed by atoms with van der Waals surface area (Å²) in [6.07, 6.45) is 0.259. The fourth-order valence-corrected chi connectivity index (χ4v) is 2.17. The molecule has 1 N–H and O–H groups in total. The van der Waals surface area contributed by atoms with E-state index in [0.29, 0.717) is 12.2 Å². The van der Waals surface area contributed by atoms with Crippen molar-refractivity contribution in [3.8, 4) is 0 Å². The maximum absolute atomic E-state index is 11.9. The van der Waals surface area contributed by atoms with Gasteiger partial charge in [0.05, 0.1) is 6.42 Å². The summed E-state index contributed by atoms with van der Waals surface area (Å²) in [6.45, 7) is 7.77. The molecule has 0 saturated heterocycles. The maximum atomic E-state index is 11.9. The summed E-state index contributed by atoms with van der Waals surface area (Å²) in [7, 11) is 0. The Morgan fingerprint density at radius 3 is 2.80 bits per heavy atom. The van der Waals surface area contributed by atoms with Crippen molar-refractivity contribution in [2.75, 3.05) is 26.2 Å². The normalized spacial score (nSPS) is 11.2. The molecule has 1 aromatic heterocycles. The van der Waals surface area contributed by atoms with Gasteiger partial charge in [-0.05, 0) is 25.2 Å². The number of amides is 1. The van der Waals surface area contributed by atoms with Crippen LogP contribution in [0, 0.1) is 0 Å². The Morgan fingerprint density at radius 1 is 1.30 bits per heavy atom. The minimum Gasteiger partial charge on any atom is -0.356 e. The summed E-state index contributed by atoms with van der Waals surface area (Å²) in [5.74, 6) is -0.0174. The third-order valence-corrected chi connectivity index (χ3v) is 3.42. The zero-order chi connectivity index (χ0) is 14.4. The molecule has 0 aliphatic rings. The Morgan fingerprint density at radius 2 is 2.05 bits per heavy atom. The average molecular weight is 275 g/mol. The van der Waals surface area contributed by atoms with Gasteiger partial charge in [0.25, 0.3) is 0 Å². The number of hydrogen-bond donors (Lipinski definition) is 1. The van der Waals surface area contributed by atoms with Gasteiger partial charge >= 0.3 is 0 Å². The average Bonchev–Trinajstić information content (AvgIpc) is 2.87. The highest BCUT2D eigenvalue weighted by atomic mass is 16.5. The van der Waals surface area contributed by atoms with Crippen molar-refractivity contribution < 1.29 is 9.32 Å². The lowest BCUT2D eigenvalue weighted by Gasteiger charge is -2.17. The van der Waals surface area contributed by atoms with Crippen LogP contribution in [-0.4, -0.2) is 42.1 Å². The van der Waals surface area contributed by atoms with Crippen LogP contribution in [-0.2, 0) is 11.2 Å². The van der Waals surface area contributed by atoms with Crippen LogP contribution in [0.4, 0.5) is 0 Å². The van der Waals surface area contributed by atoms with Gasteiger partial charge < -0.3 is 14.7 Å². The van der Waals surface area contributed by atoms with Gasteiger partial charge in [0.2, 0.25) is 5.91 Å². The molecule has 1 heterocycles. The maximum Gasteiger partial charge on any atom is 0.226 e. The van der Waals surface area contributed by atoms with Crippen LogP contribution >= 0.6 is 0 Å². The third-order valence-electron chi connectivity index (χ3n) is 3.42. The molecule has 5 nitrogen and oxygen atoms in total. The second-order valence-corrected chi connectivity index (χ2v) is 4.68. The molecule has 0 spiro atoms. The molecule has 0 atom stereocenters. The number of hydrogen-bond acceptors (Lipinski definition) is 4. The van der Waals surface area contributed by atoms with Gasteiger partial charge in [0.1, 0.15) is 5.69 Å². The van der Waals surface area contributed by atoms with Crippen molar-refractivity contribution in [1.82, 2.24) is 15.4 Å². The van der Waals surface area contributed by atoms with Crippen molar-refractivity contribution >= 4 is 16.9 Å². The molecule has 5 heteroatoms. The van der Waals surface area contributed by atoms with E-state index in [1.807, 2.05) is 24.3 Å². The number of fused-ring (bicyclic) bond motifs is 1. The second kappa shape index (κ2) is 7.05. The fourth-order valence-electron chi connectivity index (χ4n) is 2.17. The van der Waals surface area contributed by atoms with Gasteiger partial charge in [-0.3, -0.25) is 4.79 Å². The highest BCUT2D eigenvalue weighted by molar-refractivity contribution is 5.86. The lowest BCUT2D eigenvalue weighted by Crippen LogP contribution is -2.35. The zero-order valence-electron chi connectivity index (χ0n) is 12.1. The lowest BCUT2D eigenvalue weighted by molar-refractivity contribution is -0.120. The summed E-state index contributed by atoms with van der Waals surface area (Å²) in [4.78, 5) is 14.2. The molecule has 1 aromatic carbocycles. The van der Waals surface area contributed by atoms with E-state index in [9.17, 15) is 4.79 Å². The molecule has 1 amide bonds. The molecule has 0 aliphatic carbocycles. The number of aromatic nitrogens is 1. The standard InChI is InChI=1S/C15H21N3O2/c1-3-18(4-2)10-9-16-15(19)11-13-12-7-5-6-8-14(12)20-17-13/h5-8H,3-4,9-11H2,1-2H3,(H,16,19). The number of benzene rings is 1. The minimum absolute atomic E-state index is 0.0174. The highest BCUT2D eigenvalue weighted by Crippen LogP contribution is 2.17. The molecule has 0 radical (unpaired) electrons. The number of para-hydroxylation sites is 1. The Bertz CT molecular complexity index is 561. The first kappa shape index (κ1) is 14.5. The molecule has 0 aliphatic heterocycles. The molecule has 20 heavy (non-hydrogen) atoms. The van der Waals surface area contributed by atoms with Gasteiger partial charge in [-0.1, -0.05) is 31.1 Å². The van der Waals surface area contributed by atoms with E-state index in [4.69, 9.17) is 4.52 Å². The highest BCUT2D eigenvalue weighted by Gasteiger charge is 2.11. The molecule has 0 saturated carbocycles. The van der Waals surface area contributed by atoms with Crippen molar-refractivity contribution in [2.45, 2.75) is 20.3 Å². The van der Waals surface area contributed by atoms with Gasteiger partial charge in [-0.2, -0.15) is 0 Å². The first-order valence-corrected chi connectivity index (χ1v) is 7.07. The van der Waals surface area contributed by atoms with Crippen LogP contribution in [0.25, 0.3) is 11.0 Å². The van der Waals surface area contributed by atoms with Gasteiger partial charge in [-0.15, -0.1) is 0 Å². The van der Waals surface area contributed by atoms with E-state index in [2.05, 4.69) is 29.2 Å². The topological polar surface area (TPSA) is 58.4 Å². The summed E-state index contributed by atoms with van der Waals surface area (Å²) < 4.78 is 5.19. The van der Waals surface area contributed by atoms with E-state index in [1.54, 1.807) is 0 Å². The number of rotatable bonds is 7. The van der Waals surface area contributed by atoms with Crippen LogP contribution in [0.3, 0.4) is 0 Å². The molecule has 108 valence electrons. The van der Waals surface area contributed by atoms with Crippen molar-refractivity contribution in [3.05, 3.63) is 30.0 Å². The number of likely N-dealkylation sites (N-methyl/N-ethyl adjacent to an activating group) is 1. The number of carbonyl (C=O) groups excluding carboxylic acids is 1. The second-order valence-electron chi connectivity index (χ2n) is 4.68. The minimum atomic E-state index is -0.0174. The first-order valence-electron chi connectivity index (χ1n) is 7.07. The quantitative estimate of drug-likeness (QED) is 0.837. The van der Waals surface area contributed by atoms with Crippen LogP contribution in [0.1, 0.15) is 19.5 Å². The van der Waals surface area contributed by atoms with Crippen LogP contribution in [0.5, 0.6) is 0 Å². The first-order chi connectivity index (χ1) is 9.74. The van der Waals surface area contributed by atoms with E-state index in [0.717, 1.165) is 30.6 Å². The van der Waals surface area contributed by atoms with Gasteiger partial charge in [-0.25, -0.2) is 0 Å². The third kappa shape index (κ3) is 3.57. The number of nitrogens with one attached hydrogen (secondary N) is 1. The summed E-state index contributed by atoms with van der Waals surface area (Å²) in [5.41, 5.74) is 1.42. The van der Waals surface area contributed by atoms with E-state index in [-0.39, 0.29) is 12.3 Å². The number of carbonyl (C=O) groups is 1. The Kier molecular flexibility index (Phi) is 5.12. The Hall–Kier alpha value is -1.88. The summed E-state index contributed by atoms with van der Waals surface area (Å²) in [5, 5.41) is 7.80. The molecule has 2 aromatic rings. The molecular formula is C15H21N3O2.